The van der Waals surface area contributed by atoms with Crippen LogP contribution in [0.15, 0.2) is 0 Å². The highest BCUT2D eigenvalue weighted by atomic mass is 16.4. The summed E-state index contributed by atoms with van der Waals surface area (Å²) in [6, 6.07) is 0.294. The smallest absolute Gasteiger partial charge is 0.315 e. The highest BCUT2D eigenvalue weighted by Crippen LogP contribution is 2.23. The number of hydrogen-bond acceptors (Lipinski definition) is 2. The van der Waals surface area contributed by atoms with Crippen LogP contribution in [0.2, 0.25) is 0 Å². The van der Waals surface area contributed by atoms with Crippen LogP contribution < -0.4 is 10.6 Å². The van der Waals surface area contributed by atoms with E-state index in [2.05, 4.69) is 17.6 Å². The Kier molecular flexibility index (Phi) is 7.54. The van der Waals surface area contributed by atoms with Gasteiger partial charge in [0, 0.05) is 12.1 Å². The van der Waals surface area contributed by atoms with Gasteiger partial charge in [0.1, 0.15) is 0 Å². The maximum absolute atomic E-state index is 11.9. The van der Waals surface area contributed by atoms with Gasteiger partial charge < -0.3 is 15.7 Å². The topological polar surface area (TPSA) is 78.4 Å². The molecule has 2 amide bonds. The van der Waals surface area contributed by atoms with Crippen LogP contribution >= 0.6 is 0 Å². The number of aliphatic carboxylic acids is 1. The number of nitrogens with one attached hydrogen (secondary N) is 2. The predicted octanol–water partition coefficient (Wildman–Crippen LogP) is 3.14. The molecule has 2 unspecified atom stereocenters. The Morgan fingerprint density at radius 2 is 1.76 bits per heavy atom. The van der Waals surface area contributed by atoms with Gasteiger partial charge in [-0.3, -0.25) is 4.79 Å². The number of urea groups is 1. The number of amides is 2. The third-order valence-electron chi connectivity index (χ3n) is 4.42. The maximum atomic E-state index is 11.9. The maximum Gasteiger partial charge on any atom is 0.315 e. The zero-order chi connectivity index (χ0) is 15.8. The fraction of sp³-hybridized carbons (Fsp3) is 0.875. The highest BCUT2D eigenvalue weighted by molar-refractivity contribution is 5.74. The molecule has 0 bridgehead atoms. The molecule has 1 saturated carbocycles. The second kappa shape index (κ2) is 8.90. The van der Waals surface area contributed by atoms with Crippen molar-refractivity contribution in [3.63, 3.8) is 0 Å². The molecule has 122 valence electrons. The summed E-state index contributed by atoms with van der Waals surface area (Å²) in [5, 5.41) is 14.8. The van der Waals surface area contributed by atoms with Gasteiger partial charge in [-0.2, -0.15) is 0 Å². The fourth-order valence-corrected chi connectivity index (χ4v) is 2.78. The van der Waals surface area contributed by atoms with Crippen LogP contribution in [-0.4, -0.2) is 29.2 Å². The summed E-state index contributed by atoms with van der Waals surface area (Å²) in [6.07, 6.45) is 6.80. The van der Waals surface area contributed by atoms with Gasteiger partial charge in [-0.15, -0.1) is 0 Å². The van der Waals surface area contributed by atoms with Gasteiger partial charge >= 0.3 is 12.0 Å². The monoisotopic (exact) mass is 298 g/mol. The lowest BCUT2D eigenvalue weighted by molar-refractivity contribution is -0.141. The van der Waals surface area contributed by atoms with Crippen molar-refractivity contribution < 1.29 is 14.7 Å². The average Bonchev–Trinajstić information content (AvgIpc) is 2.41. The lowest BCUT2D eigenvalue weighted by Crippen LogP contribution is -2.46. The lowest BCUT2D eigenvalue weighted by atomic mass is 9.87. The van der Waals surface area contributed by atoms with Crippen LogP contribution in [0.25, 0.3) is 0 Å². The molecule has 0 aliphatic heterocycles. The molecule has 1 rings (SSSR count). The van der Waals surface area contributed by atoms with Crippen LogP contribution in [0, 0.1) is 11.8 Å². The van der Waals surface area contributed by atoms with Crippen molar-refractivity contribution in [3.8, 4) is 0 Å². The zero-order valence-corrected chi connectivity index (χ0v) is 13.5. The normalized spacial score (nSPS) is 24.9. The summed E-state index contributed by atoms with van der Waals surface area (Å²) in [5.41, 5.74) is 0. The van der Waals surface area contributed by atoms with Crippen LogP contribution in [0.1, 0.15) is 65.7 Å². The number of carbonyl (C=O) groups is 2. The number of carbonyl (C=O) groups excluding carboxylic acids is 1. The summed E-state index contributed by atoms with van der Waals surface area (Å²) in [4.78, 5) is 22.6. The Bertz CT molecular complexity index is 338. The molecule has 2 atom stereocenters. The van der Waals surface area contributed by atoms with Crippen molar-refractivity contribution in [1.29, 1.82) is 0 Å². The van der Waals surface area contributed by atoms with Gasteiger partial charge in [0.2, 0.25) is 0 Å². The SMILES string of the molecule is CC1CCC(NC(=O)NC(C)CCCC(C)C(=O)O)CC1. The van der Waals surface area contributed by atoms with E-state index >= 15 is 0 Å². The van der Waals surface area contributed by atoms with Gasteiger partial charge in [-0.25, -0.2) is 4.79 Å². The summed E-state index contributed by atoms with van der Waals surface area (Å²) < 4.78 is 0. The van der Waals surface area contributed by atoms with E-state index in [1.54, 1.807) is 6.92 Å². The van der Waals surface area contributed by atoms with Crippen LogP contribution in [0.3, 0.4) is 0 Å². The van der Waals surface area contributed by atoms with E-state index in [1.165, 1.54) is 12.8 Å². The Morgan fingerprint density at radius 1 is 1.14 bits per heavy atom. The second-order valence-electron chi connectivity index (χ2n) is 6.65. The summed E-state index contributed by atoms with van der Waals surface area (Å²) >= 11 is 0. The summed E-state index contributed by atoms with van der Waals surface area (Å²) in [6.45, 7) is 5.95. The molecule has 0 saturated heterocycles. The average molecular weight is 298 g/mol. The molecule has 0 aromatic rings. The molecule has 1 aliphatic rings. The minimum absolute atomic E-state index is 0.0773. The van der Waals surface area contributed by atoms with E-state index in [0.29, 0.717) is 12.5 Å². The third-order valence-corrected chi connectivity index (χ3v) is 4.42. The molecular weight excluding hydrogens is 268 g/mol. The minimum atomic E-state index is -0.750. The van der Waals surface area contributed by atoms with Crippen molar-refractivity contribution in [3.05, 3.63) is 0 Å². The summed E-state index contributed by atoms with van der Waals surface area (Å²) in [5.74, 6) is -0.281. The van der Waals surface area contributed by atoms with Crippen molar-refractivity contribution in [2.45, 2.75) is 77.8 Å². The molecule has 21 heavy (non-hydrogen) atoms. The van der Waals surface area contributed by atoms with Gasteiger partial charge in [0.05, 0.1) is 5.92 Å². The first kappa shape index (κ1) is 17.8. The van der Waals surface area contributed by atoms with Crippen molar-refractivity contribution in [2.75, 3.05) is 0 Å². The molecule has 0 radical (unpaired) electrons. The van der Waals surface area contributed by atoms with E-state index in [-0.39, 0.29) is 18.0 Å². The Morgan fingerprint density at radius 3 is 2.33 bits per heavy atom. The Balaban J connectivity index is 2.14. The van der Waals surface area contributed by atoms with Gasteiger partial charge in [0.25, 0.3) is 0 Å². The first-order valence-corrected chi connectivity index (χ1v) is 8.18. The number of carboxylic acid groups (broad SMARTS) is 1. The van der Waals surface area contributed by atoms with E-state index in [1.807, 2.05) is 6.92 Å². The lowest BCUT2D eigenvalue weighted by Gasteiger charge is -2.27. The predicted molar refractivity (Wildman–Crippen MR) is 83.2 cm³/mol. The molecule has 0 aromatic carbocycles. The van der Waals surface area contributed by atoms with Crippen molar-refractivity contribution >= 4 is 12.0 Å². The van der Waals surface area contributed by atoms with Crippen LogP contribution in [0.5, 0.6) is 0 Å². The van der Waals surface area contributed by atoms with E-state index in [4.69, 9.17) is 5.11 Å². The standard InChI is InChI=1S/C16H30N2O3/c1-11-7-9-14(10-8-11)18-16(21)17-13(3)6-4-5-12(2)15(19)20/h11-14H,4-10H2,1-3H3,(H,19,20)(H2,17,18,21). The molecule has 0 aromatic heterocycles. The first-order valence-electron chi connectivity index (χ1n) is 8.18. The van der Waals surface area contributed by atoms with Crippen LogP contribution in [-0.2, 0) is 4.79 Å². The number of rotatable bonds is 7. The molecule has 5 nitrogen and oxygen atoms in total. The number of hydrogen-bond donors (Lipinski definition) is 3. The van der Waals surface area contributed by atoms with Gasteiger partial charge in [0.15, 0.2) is 0 Å². The molecule has 3 N–H and O–H groups in total. The molecule has 1 fully saturated rings. The third kappa shape index (κ3) is 7.34. The van der Waals surface area contributed by atoms with Crippen molar-refractivity contribution in [1.82, 2.24) is 10.6 Å². The Hall–Kier alpha value is -1.26. The quantitative estimate of drug-likeness (QED) is 0.675. The largest absolute Gasteiger partial charge is 0.481 e. The van der Waals surface area contributed by atoms with E-state index < -0.39 is 5.97 Å². The minimum Gasteiger partial charge on any atom is -0.481 e. The van der Waals surface area contributed by atoms with Gasteiger partial charge in [-0.1, -0.05) is 20.3 Å². The molecular formula is C16H30N2O3. The van der Waals surface area contributed by atoms with E-state index in [0.717, 1.165) is 31.6 Å². The van der Waals surface area contributed by atoms with Crippen LogP contribution in [0.4, 0.5) is 4.79 Å². The molecule has 1 aliphatic carbocycles. The Labute approximate surface area is 127 Å². The zero-order valence-electron chi connectivity index (χ0n) is 13.5. The molecule has 0 heterocycles. The summed E-state index contributed by atoms with van der Waals surface area (Å²) in [7, 11) is 0. The van der Waals surface area contributed by atoms with Crippen molar-refractivity contribution in [2.24, 2.45) is 11.8 Å². The number of carboxylic acids is 1. The highest BCUT2D eigenvalue weighted by Gasteiger charge is 2.20. The first-order chi connectivity index (χ1) is 9.88. The fourth-order valence-electron chi connectivity index (χ4n) is 2.78. The van der Waals surface area contributed by atoms with Gasteiger partial charge in [-0.05, 0) is 51.4 Å². The molecule has 0 spiro atoms. The second-order valence-corrected chi connectivity index (χ2v) is 6.65. The van der Waals surface area contributed by atoms with E-state index in [9.17, 15) is 9.59 Å². The molecule has 5 heteroatoms.